The number of carboxylic acids is 1. The Morgan fingerprint density at radius 1 is 1.32 bits per heavy atom. The number of halogens is 2. The Kier molecular flexibility index (Phi) is 4.39. The third kappa shape index (κ3) is 3.22. The van der Waals surface area contributed by atoms with Crippen molar-refractivity contribution in [2.75, 3.05) is 6.54 Å². The van der Waals surface area contributed by atoms with Crippen LogP contribution in [0.25, 0.3) is 0 Å². The van der Waals surface area contributed by atoms with Crippen molar-refractivity contribution in [1.82, 2.24) is 4.90 Å². The fourth-order valence-corrected chi connectivity index (χ4v) is 3.17. The van der Waals surface area contributed by atoms with Crippen LogP contribution >= 0.6 is 23.2 Å². The molecule has 0 saturated carbocycles. The average Bonchev–Trinajstić information content (AvgIpc) is 2.30. The number of hydrogen-bond acceptors (Lipinski definition) is 2. The van der Waals surface area contributed by atoms with Crippen LogP contribution in [-0.2, 0) is 11.3 Å². The summed E-state index contributed by atoms with van der Waals surface area (Å²) in [5.74, 6) is -0.764. The first-order valence-electron chi connectivity index (χ1n) is 6.35. The fourth-order valence-electron chi connectivity index (χ4n) is 2.60. The molecule has 0 bridgehead atoms. The quantitative estimate of drug-likeness (QED) is 0.922. The molecule has 1 heterocycles. The van der Waals surface area contributed by atoms with Crippen LogP contribution < -0.4 is 0 Å². The lowest BCUT2D eigenvalue weighted by atomic mass is 9.88. The van der Waals surface area contributed by atoms with Crippen LogP contribution in [0.15, 0.2) is 18.2 Å². The number of likely N-dealkylation sites (tertiary alicyclic amines) is 1. The number of carboxylic acid groups (broad SMARTS) is 1. The normalized spacial score (nSPS) is 24.4. The molecule has 5 heteroatoms. The second-order valence-electron chi connectivity index (χ2n) is 5.24. The standard InChI is InChI=1S/C14H17Cl2NO2/c1-14(13(18)19)4-2-3-5-17(14)9-10-6-11(15)8-12(16)7-10/h6-8H,2-5,9H2,1H3,(H,18,19). The minimum absolute atomic E-state index is 0.559. The number of piperidine rings is 1. The van der Waals surface area contributed by atoms with Crippen molar-refractivity contribution in [3.63, 3.8) is 0 Å². The monoisotopic (exact) mass is 301 g/mol. The predicted octanol–water partition coefficient (Wildman–Crippen LogP) is 3.82. The molecule has 0 aliphatic carbocycles. The highest BCUT2D eigenvalue weighted by Crippen LogP contribution is 2.30. The van der Waals surface area contributed by atoms with Crippen LogP contribution in [0.2, 0.25) is 10.0 Å². The molecule has 1 saturated heterocycles. The van der Waals surface area contributed by atoms with Gasteiger partial charge in [-0.25, -0.2) is 0 Å². The molecule has 1 aromatic rings. The summed E-state index contributed by atoms with van der Waals surface area (Å²) in [4.78, 5) is 13.5. The van der Waals surface area contributed by atoms with Gasteiger partial charge in [0.25, 0.3) is 0 Å². The predicted molar refractivity (Wildman–Crippen MR) is 76.8 cm³/mol. The third-order valence-corrected chi connectivity index (χ3v) is 4.23. The van der Waals surface area contributed by atoms with E-state index in [1.807, 2.05) is 17.0 Å². The first kappa shape index (κ1) is 14.6. The number of aliphatic carboxylic acids is 1. The second kappa shape index (κ2) is 5.70. The van der Waals surface area contributed by atoms with E-state index in [9.17, 15) is 9.90 Å². The zero-order valence-electron chi connectivity index (χ0n) is 10.8. The minimum atomic E-state index is -0.799. The molecule has 1 aromatic carbocycles. The summed E-state index contributed by atoms with van der Waals surface area (Å²) >= 11 is 12.0. The van der Waals surface area contributed by atoms with E-state index >= 15 is 0 Å². The molecule has 1 N–H and O–H groups in total. The van der Waals surface area contributed by atoms with Gasteiger partial charge in [0.1, 0.15) is 5.54 Å². The molecule has 1 fully saturated rings. The number of benzene rings is 1. The Hall–Kier alpha value is -0.770. The van der Waals surface area contributed by atoms with Gasteiger partial charge in [-0.05, 0) is 56.5 Å². The first-order valence-corrected chi connectivity index (χ1v) is 7.11. The summed E-state index contributed by atoms with van der Waals surface area (Å²) < 4.78 is 0. The van der Waals surface area contributed by atoms with Gasteiger partial charge in [0.05, 0.1) is 0 Å². The van der Waals surface area contributed by atoms with E-state index in [-0.39, 0.29) is 0 Å². The maximum absolute atomic E-state index is 11.5. The summed E-state index contributed by atoms with van der Waals surface area (Å²) in [7, 11) is 0. The summed E-state index contributed by atoms with van der Waals surface area (Å²) in [6.45, 7) is 3.14. The highest BCUT2D eigenvalue weighted by Gasteiger charge is 2.41. The molecule has 1 aliphatic rings. The smallest absolute Gasteiger partial charge is 0.323 e. The molecule has 0 spiro atoms. The van der Waals surface area contributed by atoms with Crippen LogP contribution in [-0.4, -0.2) is 28.1 Å². The molecular formula is C14H17Cl2NO2. The fraction of sp³-hybridized carbons (Fsp3) is 0.500. The van der Waals surface area contributed by atoms with E-state index in [0.29, 0.717) is 23.0 Å². The molecule has 0 radical (unpaired) electrons. The summed E-state index contributed by atoms with van der Waals surface area (Å²) in [5, 5.41) is 10.6. The van der Waals surface area contributed by atoms with E-state index < -0.39 is 11.5 Å². The van der Waals surface area contributed by atoms with E-state index in [0.717, 1.165) is 24.9 Å². The Morgan fingerprint density at radius 3 is 2.53 bits per heavy atom. The van der Waals surface area contributed by atoms with Crippen LogP contribution in [0.3, 0.4) is 0 Å². The SMILES string of the molecule is CC1(C(=O)O)CCCCN1Cc1cc(Cl)cc(Cl)c1. The molecule has 104 valence electrons. The second-order valence-corrected chi connectivity index (χ2v) is 6.11. The Bertz CT molecular complexity index is 472. The van der Waals surface area contributed by atoms with E-state index in [2.05, 4.69) is 0 Å². The highest BCUT2D eigenvalue weighted by molar-refractivity contribution is 6.34. The minimum Gasteiger partial charge on any atom is -0.480 e. The molecule has 1 unspecified atom stereocenters. The van der Waals surface area contributed by atoms with Crippen molar-refractivity contribution in [2.45, 2.75) is 38.3 Å². The molecule has 19 heavy (non-hydrogen) atoms. The number of rotatable bonds is 3. The lowest BCUT2D eigenvalue weighted by molar-refractivity contribution is -0.153. The largest absolute Gasteiger partial charge is 0.480 e. The van der Waals surface area contributed by atoms with Gasteiger partial charge in [0, 0.05) is 16.6 Å². The van der Waals surface area contributed by atoms with Crippen molar-refractivity contribution in [2.24, 2.45) is 0 Å². The van der Waals surface area contributed by atoms with Gasteiger partial charge < -0.3 is 5.11 Å². The Balaban J connectivity index is 2.22. The zero-order chi connectivity index (χ0) is 14.0. The number of nitrogens with zero attached hydrogens (tertiary/aromatic N) is 1. The van der Waals surface area contributed by atoms with E-state index in [4.69, 9.17) is 23.2 Å². The van der Waals surface area contributed by atoms with Crippen LogP contribution in [0.1, 0.15) is 31.7 Å². The van der Waals surface area contributed by atoms with Gasteiger partial charge in [0.15, 0.2) is 0 Å². The maximum Gasteiger partial charge on any atom is 0.323 e. The van der Waals surface area contributed by atoms with Crippen LogP contribution in [0.5, 0.6) is 0 Å². The first-order chi connectivity index (χ1) is 8.91. The van der Waals surface area contributed by atoms with Gasteiger partial charge in [-0.2, -0.15) is 0 Å². The Morgan fingerprint density at radius 2 is 1.95 bits per heavy atom. The average molecular weight is 302 g/mol. The maximum atomic E-state index is 11.5. The molecule has 3 nitrogen and oxygen atoms in total. The van der Waals surface area contributed by atoms with Gasteiger partial charge >= 0.3 is 5.97 Å². The van der Waals surface area contributed by atoms with Crippen LogP contribution in [0, 0.1) is 0 Å². The topological polar surface area (TPSA) is 40.5 Å². The third-order valence-electron chi connectivity index (χ3n) is 3.80. The molecular weight excluding hydrogens is 285 g/mol. The number of hydrogen-bond donors (Lipinski definition) is 1. The van der Waals surface area contributed by atoms with Crippen molar-refractivity contribution < 1.29 is 9.90 Å². The van der Waals surface area contributed by atoms with Gasteiger partial charge in [0.2, 0.25) is 0 Å². The molecule has 0 aromatic heterocycles. The van der Waals surface area contributed by atoms with Crippen molar-refractivity contribution >= 4 is 29.2 Å². The Labute approximate surface area is 123 Å². The lowest BCUT2D eigenvalue weighted by Crippen LogP contribution is -2.54. The molecule has 2 rings (SSSR count). The number of carbonyl (C=O) groups is 1. The highest BCUT2D eigenvalue weighted by atomic mass is 35.5. The van der Waals surface area contributed by atoms with Gasteiger partial charge in [-0.3, -0.25) is 9.69 Å². The van der Waals surface area contributed by atoms with Gasteiger partial charge in [-0.1, -0.05) is 23.2 Å². The molecule has 0 amide bonds. The van der Waals surface area contributed by atoms with Crippen molar-refractivity contribution in [1.29, 1.82) is 0 Å². The zero-order valence-corrected chi connectivity index (χ0v) is 12.3. The summed E-state index contributed by atoms with van der Waals surface area (Å²) in [6, 6.07) is 5.35. The summed E-state index contributed by atoms with van der Waals surface area (Å²) in [6.07, 6.45) is 2.66. The van der Waals surface area contributed by atoms with Gasteiger partial charge in [-0.15, -0.1) is 0 Å². The molecule has 1 atom stereocenters. The van der Waals surface area contributed by atoms with Crippen LogP contribution in [0.4, 0.5) is 0 Å². The molecule has 1 aliphatic heterocycles. The van der Waals surface area contributed by atoms with E-state index in [1.54, 1.807) is 13.0 Å². The van der Waals surface area contributed by atoms with E-state index in [1.165, 1.54) is 0 Å². The lowest BCUT2D eigenvalue weighted by Gasteiger charge is -2.41. The van der Waals surface area contributed by atoms with Crippen molar-refractivity contribution in [3.05, 3.63) is 33.8 Å². The summed E-state index contributed by atoms with van der Waals surface area (Å²) in [5.41, 5.74) is 0.152. The van der Waals surface area contributed by atoms with Crippen molar-refractivity contribution in [3.8, 4) is 0 Å².